The Balaban J connectivity index is 1.58. The average Bonchev–Trinajstić information content (AvgIpc) is 3.18. The lowest BCUT2D eigenvalue weighted by Crippen LogP contribution is -2.35. The Kier molecular flexibility index (Phi) is 6.91. The SMILES string of the molecule is COc1cc(C2c3c(oc4ccc(Cl)cc4c3=O)C(=O)N2CCN(C)C)ccc1OCc1ccccc1. The first-order chi connectivity index (χ1) is 17.9. The van der Waals surface area contributed by atoms with Crippen LogP contribution in [0.3, 0.4) is 0 Å². The number of methoxy groups -OCH3 is 1. The van der Waals surface area contributed by atoms with Crippen molar-refractivity contribution in [2.45, 2.75) is 12.6 Å². The van der Waals surface area contributed by atoms with Gasteiger partial charge < -0.3 is 23.7 Å². The van der Waals surface area contributed by atoms with Gasteiger partial charge in [-0.1, -0.05) is 48.0 Å². The van der Waals surface area contributed by atoms with Gasteiger partial charge in [0.15, 0.2) is 16.9 Å². The average molecular weight is 519 g/mol. The van der Waals surface area contributed by atoms with Crippen molar-refractivity contribution in [2.75, 3.05) is 34.3 Å². The molecule has 1 aliphatic rings. The number of benzene rings is 3. The van der Waals surface area contributed by atoms with Crippen molar-refractivity contribution in [1.82, 2.24) is 9.80 Å². The van der Waals surface area contributed by atoms with Crippen LogP contribution in [0.4, 0.5) is 0 Å². The van der Waals surface area contributed by atoms with Crippen LogP contribution in [0.2, 0.25) is 5.02 Å². The molecule has 1 aliphatic heterocycles. The molecule has 0 saturated heterocycles. The summed E-state index contributed by atoms with van der Waals surface area (Å²) in [7, 11) is 5.44. The Labute approximate surface area is 219 Å². The second kappa shape index (κ2) is 10.3. The molecule has 3 aromatic carbocycles. The first-order valence-electron chi connectivity index (χ1n) is 11.9. The minimum absolute atomic E-state index is 0.0620. The van der Waals surface area contributed by atoms with Crippen LogP contribution < -0.4 is 14.9 Å². The zero-order valence-corrected chi connectivity index (χ0v) is 21.6. The predicted octanol–water partition coefficient (Wildman–Crippen LogP) is 5.14. The van der Waals surface area contributed by atoms with E-state index in [0.717, 1.165) is 11.1 Å². The summed E-state index contributed by atoms with van der Waals surface area (Å²) in [6.45, 7) is 1.41. The first-order valence-corrected chi connectivity index (χ1v) is 12.3. The number of rotatable bonds is 8. The number of halogens is 1. The normalized spacial score (nSPS) is 14.9. The van der Waals surface area contributed by atoms with E-state index in [2.05, 4.69) is 0 Å². The monoisotopic (exact) mass is 518 g/mol. The van der Waals surface area contributed by atoms with Gasteiger partial charge in [-0.15, -0.1) is 0 Å². The van der Waals surface area contributed by atoms with Gasteiger partial charge in [0.1, 0.15) is 12.2 Å². The smallest absolute Gasteiger partial charge is 0.290 e. The molecule has 2 heterocycles. The van der Waals surface area contributed by atoms with E-state index in [1.165, 1.54) is 0 Å². The van der Waals surface area contributed by atoms with Crippen LogP contribution in [0.15, 0.2) is 75.9 Å². The van der Waals surface area contributed by atoms with Crippen molar-refractivity contribution >= 4 is 28.5 Å². The maximum Gasteiger partial charge on any atom is 0.290 e. The highest BCUT2D eigenvalue weighted by molar-refractivity contribution is 6.31. The highest BCUT2D eigenvalue weighted by Gasteiger charge is 2.42. The summed E-state index contributed by atoms with van der Waals surface area (Å²) >= 11 is 6.17. The molecule has 7 nitrogen and oxygen atoms in total. The summed E-state index contributed by atoms with van der Waals surface area (Å²) in [4.78, 5) is 30.9. The van der Waals surface area contributed by atoms with Crippen molar-refractivity contribution in [3.8, 4) is 11.5 Å². The molecule has 1 aromatic heterocycles. The van der Waals surface area contributed by atoms with Gasteiger partial charge in [0, 0.05) is 18.1 Å². The third-order valence-corrected chi connectivity index (χ3v) is 6.69. The number of ether oxygens (including phenoxy) is 2. The van der Waals surface area contributed by atoms with Gasteiger partial charge in [0.05, 0.1) is 24.1 Å². The van der Waals surface area contributed by atoms with Crippen LogP contribution in [-0.4, -0.2) is 50.0 Å². The summed E-state index contributed by atoms with van der Waals surface area (Å²) in [5.74, 6) is 0.818. The van der Waals surface area contributed by atoms with Gasteiger partial charge in [0.2, 0.25) is 5.76 Å². The van der Waals surface area contributed by atoms with Gasteiger partial charge in [0.25, 0.3) is 5.91 Å². The van der Waals surface area contributed by atoms with E-state index in [1.807, 2.05) is 67.5 Å². The van der Waals surface area contributed by atoms with Crippen LogP contribution in [-0.2, 0) is 6.61 Å². The molecule has 37 heavy (non-hydrogen) atoms. The zero-order chi connectivity index (χ0) is 26.1. The Morgan fingerprint density at radius 1 is 1.00 bits per heavy atom. The molecule has 190 valence electrons. The molecule has 0 aliphatic carbocycles. The molecule has 4 aromatic rings. The Hall–Kier alpha value is -3.81. The quantitative estimate of drug-likeness (QED) is 0.321. The Morgan fingerprint density at radius 3 is 2.51 bits per heavy atom. The van der Waals surface area contributed by atoms with E-state index in [9.17, 15) is 9.59 Å². The maximum absolute atomic E-state index is 13.7. The summed E-state index contributed by atoms with van der Waals surface area (Å²) in [6, 6.07) is 19.5. The van der Waals surface area contributed by atoms with Crippen molar-refractivity contribution in [2.24, 2.45) is 0 Å². The van der Waals surface area contributed by atoms with Gasteiger partial charge in [-0.25, -0.2) is 0 Å². The molecular formula is C29H27ClN2O5. The van der Waals surface area contributed by atoms with Crippen LogP contribution in [0, 0.1) is 0 Å². The third kappa shape index (κ3) is 4.80. The lowest BCUT2D eigenvalue weighted by atomic mass is 9.98. The molecule has 0 bridgehead atoms. The second-order valence-corrected chi connectivity index (χ2v) is 9.64. The molecule has 1 atom stereocenters. The maximum atomic E-state index is 13.7. The van der Waals surface area contributed by atoms with Gasteiger partial charge in [-0.05, 0) is 55.6 Å². The lowest BCUT2D eigenvalue weighted by molar-refractivity contribution is 0.0716. The van der Waals surface area contributed by atoms with Gasteiger partial charge >= 0.3 is 0 Å². The fourth-order valence-electron chi connectivity index (χ4n) is 4.59. The molecule has 5 rings (SSSR count). The number of carbonyl (C=O) groups is 1. The number of hydrogen-bond donors (Lipinski definition) is 0. The first kappa shape index (κ1) is 24.9. The van der Waals surface area contributed by atoms with Crippen LogP contribution in [0.1, 0.15) is 33.3 Å². The van der Waals surface area contributed by atoms with Crippen molar-refractivity contribution in [3.05, 3.63) is 104 Å². The molecule has 0 N–H and O–H groups in total. The number of carbonyl (C=O) groups excluding carboxylic acids is 1. The lowest BCUT2D eigenvalue weighted by Gasteiger charge is -2.27. The number of nitrogens with zero attached hydrogens (tertiary/aromatic N) is 2. The highest BCUT2D eigenvalue weighted by atomic mass is 35.5. The van der Waals surface area contributed by atoms with E-state index >= 15 is 0 Å². The Morgan fingerprint density at radius 2 is 1.78 bits per heavy atom. The number of likely N-dealkylation sites (N-methyl/N-ethyl adjacent to an activating group) is 1. The minimum atomic E-state index is -0.640. The van der Waals surface area contributed by atoms with Crippen LogP contribution in [0.25, 0.3) is 11.0 Å². The standard InChI is InChI=1S/C29H27ClN2O5/c1-31(2)13-14-32-26(25-27(33)21-16-20(30)10-12-22(21)37-28(25)29(32)34)19-9-11-23(24(15-19)35-3)36-17-18-7-5-4-6-8-18/h4-12,15-16,26H,13-14,17H2,1-3H3. The fourth-order valence-corrected chi connectivity index (χ4v) is 4.76. The van der Waals surface area contributed by atoms with E-state index in [0.29, 0.717) is 52.8 Å². The molecule has 0 radical (unpaired) electrons. The predicted molar refractivity (Wildman–Crippen MR) is 143 cm³/mol. The summed E-state index contributed by atoms with van der Waals surface area (Å²) in [6.07, 6.45) is 0. The number of fused-ring (bicyclic) bond motifs is 2. The summed E-state index contributed by atoms with van der Waals surface area (Å²) in [5, 5.41) is 0.764. The van der Waals surface area contributed by atoms with E-state index in [1.54, 1.807) is 30.2 Å². The molecule has 8 heteroatoms. The zero-order valence-electron chi connectivity index (χ0n) is 20.9. The highest BCUT2D eigenvalue weighted by Crippen LogP contribution is 2.41. The van der Waals surface area contributed by atoms with Gasteiger partial charge in [-0.2, -0.15) is 0 Å². The third-order valence-electron chi connectivity index (χ3n) is 6.46. The largest absolute Gasteiger partial charge is 0.493 e. The van der Waals surface area contributed by atoms with Crippen LogP contribution in [0.5, 0.6) is 11.5 Å². The topological polar surface area (TPSA) is 72.2 Å². The molecule has 1 unspecified atom stereocenters. The molecule has 0 fully saturated rings. The van der Waals surface area contributed by atoms with Gasteiger partial charge in [-0.3, -0.25) is 9.59 Å². The van der Waals surface area contributed by atoms with Crippen molar-refractivity contribution < 1.29 is 18.7 Å². The molecular weight excluding hydrogens is 492 g/mol. The molecule has 1 amide bonds. The number of hydrogen-bond acceptors (Lipinski definition) is 6. The second-order valence-electron chi connectivity index (χ2n) is 9.20. The molecule has 0 spiro atoms. The molecule has 0 saturated carbocycles. The summed E-state index contributed by atoms with van der Waals surface area (Å²) < 4.78 is 17.6. The summed E-state index contributed by atoms with van der Waals surface area (Å²) in [5.41, 5.74) is 2.12. The number of amides is 1. The van der Waals surface area contributed by atoms with Crippen LogP contribution >= 0.6 is 11.6 Å². The van der Waals surface area contributed by atoms with E-state index in [4.69, 9.17) is 25.5 Å². The Bertz CT molecular complexity index is 1520. The fraction of sp³-hybridized carbons (Fsp3) is 0.241. The van der Waals surface area contributed by atoms with E-state index in [-0.39, 0.29) is 17.1 Å². The van der Waals surface area contributed by atoms with E-state index < -0.39 is 6.04 Å². The minimum Gasteiger partial charge on any atom is -0.493 e. The van der Waals surface area contributed by atoms with Crippen molar-refractivity contribution in [3.63, 3.8) is 0 Å². The van der Waals surface area contributed by atoms with Crippen molar-refractivity contribution in [1.29, 1.82) is 0 Å².